The monoisotopic (exact) mass is 242 g/mol. The third kappa shape index (κ3) is 2.75. The van der Waals surface area contributed by atoms with E-state index in [9.17, 15) is 4.39 Å². The van der Waals surface area contributed by atoms with Gasteiger partial charge in [-0.2, -0.15) is 16.7 Å². The Morgan fingerprint density at radius 3 is 2.88 bits per heavy atom. The van der Waals surface area contributed by atoms with Crippen LogP contribution in [-0.2, 0) is 0 Å². The number of hydrogen-bond acceptors (Lipinski definition) is 5. The Kier molecular flexibility index (Phi) is 3.82. The van der Waals surface area contributed by atoms with E-state index in [1.54, 1.807) is 7.05 Å². The van der Waals surface area contributed by atoms with Crippen LogP contribution in [0.15, 0.2) is 6.20 Å². The van der Waals surface area contributed by atoms with E-state index in [0.717, 1.165) is 24.3 Å². The van der Waals surface area contributed by atoms with Gasteiger partial charge in [0.05, 0.1) is 6.20 Å². The van der Waals surface area contributed by atoms with Gasteiger partial charge in [0.15, 0.2) is 11.6 Å². The quantitative estimate of drug-likeness (QED) is 0.848. The lowest BCUT2D eigenvalue weighted by Gasteiger charge is -2.23. The molecule has 0 unspecified atom stereocenters. The zero-order valence-corrected chi connectivity index (χ0v) is 9.98. The molecule has 0 aromatic carbocycles. The molecule has 16 heavy (non-hydrogen) atoms. The molecule has 1 aromatic heterocycles. The number of nitrogens with zero attached hydrogens (tertiary/aromatic N) is 2. The van der Waals surface area contributed by atoms with Crippen molar-refractivity contribution in [2.24, 2.45) is 0 Å². The molecule has 1 fully saturated rings. The van der Waals surface area contributed by atoms with Crippen molar-refractivity contribution in [1.82, 2.24) is 9.97 Å². The van der Waals surface area contributed by atoms with Crippen LogP contribution in [0.25, 0.3) is 0 Å². The summed E-state index contributed by atoms with van der Waals surface area (Å²) in [6, 6.07) is 0.329. The van der Waals surface area contributed by atoms with Gasteiger partial charge < -0.3 is 10.6 Å². The second-order valence-corrected chi connectivity index (χ2v) is 4.90. The van der Waals surface area contributed by atoms with Crippen molar-refractivity contribution >= 4 is 23.5 Å². The maximum atomic E-state index is 13.4. The molecule has 2 heterocycles. The average Bonchev–Trinajstić information content (AvgIpc) is 2.33. The van der Waals surface area contributed by atoms with Crippen LogP contribution in [0.4, 0.5) is 16.2 Å². The number of hydrogen-bond donors (Lipinski definition) is 2. The zero-order valence-electron chi connectivity index (χ0n) is 9.16. The molecule has 1 aromatic rings. The van der Waals surface area contributed by atoms with E-state index in [1.807, 2.05) is 11.8 Å². The summed E-state index contributed by atoms with van der Waals surface area (Å²) in [6.45, 7) is 0. The maximum absolute atomic E-state index is 13.4. The zero-order chi connectivity index (χ0) is 11.4. The van der Waals surface area contributed by atoms with Gasteiger partial charge in [-0.3, -0.25) is 0 Å². The first kappa shape index (κ1) is 11.4. The Hall–Kier alpha value is -1.04. The topological polar surface area (TPSA) is 49.8 Å². The molecule has 0 aliphatic carbocycles. The van der Waals surface area contributed by atoms with Crippen molar-refractivity contribution in [3.05, 3.63) is 12.0 Å². The van der Waals surface area contributed by atoms with E-state index < -0.39 is 5.82 Å². The van der Waals surface area contributed by atoms with Crippen molar-refractivity contribution in [3.8, 4) is 0 Å². The Bertz CT molecular complexity index is 355. The molecule has 2 rings (SSSR count). The van der Waals surface area contributed by atoms with Crippen LogP contribution in [0.2, 0.25) is 0 Å². The number of rotatable bonds is 3. The second kappa shape index (κ2) is 5.34. The molecule has 1 aliphatic rings. The minimum Gasteiger partial charge on any atom is -0.365 e. The first-order valence-corrected chi connectivity index (χ1v) is 6.49. The molecule has 1 aliphatic heterocycles. The van der Waals surface area contributed by atoms with Gasteiger partial charge in [-0.1, -0.05) is 0 Å². The molecule has 0 atom stereocenters. The van der Waals surface area contributed by atoms with Gasteiger partial charge in [-0.15, -0.1) is 0 Å². The number of aromatic nitrogens is 2. The number of anilines is 2. The Balaban J connectivity index is 2.06. The maximum Gasteiger partial charge on any atom is 0.224 e. The van der Waals surface area contributed by atoms with Gasteiger partial charge in [0.2, 0.25) is 5.95 Å². The third-order valence-electron chi connectivity index (χ3n) is 2.53. The fraction of sp³-hybridized carbons (Fsp3) is 0.600. The first-order chi connectivity index (χ1) is 7.79. The minimum atomic E-state index is -0.391. The summed E-state index contributed by atoms with van der Waals surface area (Å²) in [5.74, 6) is 2.61. The highest BCUT2D eigenvalue weighted by Gasteiger charge is 2.16. The van der Waals surface area contributed by atoms with E-state index >= 15 is 0 Å². The van der Waals surface area contributed by atoms with Crippen LogP contribution in [0.3, 0.4) is 0 Å². The molecule has 0 saturated carbocycles. The van der Waals surface area contributed by atoms with Crippen molar-refractivity contribution in [1.29, 1.82) is 0 Å². The van der Waals surface area contributed by atoms with Crippen LogP contribution in [0, 0.1) is 5.82 Å². The van der Waals surface area contributed by atoms with Crippen molar-refractivity contribution in [2.45, 2.75) is 18.9 Å². The van der Waals surface area contributed by atoms with E-state index in [4.69, 9.17) is 0 Å². The smallest absolute Gasteiger partial charge is 0.224 e. The van der Waals surface area contributed by atoms with Gasteiger partial charge >= 0.3 is 0 Å². The molecule has 0 amide bonds. The SMILES string of the molecule is CNc1ncc(F)c(NC2CCSCC2)n1. The number of halogens is 1. The fourth-order valence-electron chi connectivity index (χ4n) is 1.62. The normalized spacial score (nSPS) is 17.1. The van der Waals surface area contributed by atoms with Crippen molar-refractivity contribution < 1.29 is 4.39 Å². The van der Waals surface area contributed by atoms with Gasteiger partial charge in [-0.05, 0) is 24.3 Å². The van der Waals surface area contributed by atoms with Crippen LogP contribution >= 0.6 is 11.8 Å². The standard InChI is InChI=1S/C10H15FN4S/c1-12-10-13-6-8(11)9(15-10)14-7-2-4-16-5-3-7/h6-7H,2-5H2,1H3,(H2,12,13,14,15). The molecule has 0 spiro atoms. The minimum absolute atomic E-state index is 0.302. The van der Waals surface area contributed by atoms with Crippen molar-refractivity contribution in [2.75, 3.05) is 29.2 Å². The average molecular weight is 242 g/mol. The van der Waals surface area contributed by atoms with Gasteiger partial charge in [0.1, 0.15) is 0 Å². The fourth-order valence-corrected chi connectivity index (χ4v) is 2.73. The summed E-state index contributed by atoms with van der Waals surface area (Å²) in [6.07, 6.45) is 3.31. The summed E-state index contributed by atoms with van der Waals surface area (Å²) in [7, 11) is 1.72. The van der Waals surface area contributed by atoms with Gasteiger partial charge in [0, 0.05) is 13.1 Å². The highest BCUT2D eigenvalue weighted by molar-refractivity contribution is 7.99. The van der Waals surface area contributed by atoms with E-state index in [-0.39, 0.29) is 0 Å². The van der Waals surface area contributed by atoms with E-state index in [2.05, 4.69) is 20.6 Å². The molecule has 4 nitrogen and oxygen atoms in total. The number of nitrogens with one attached hydrogen (secondary N) is 2. The predicted octanol–water partition coefficient (Wildman–Crippen LogP) is 1.96. The Morgan fingerprint density at radius 1 is 1.44 bits per heavy atom. The Labute approximate surface area is 98.4 Å². The van der Waals surface area contributed by atoms with Crippen molar-refractivity contribution in [3.63, 3.8) is 0 Å². The second-order valence-electron chi connectivity index (χ2n) is 3.67. The molecule has 1 saturated heterocycles. The summed E-state index contributed by atoms with van der Waals surface area (Å²) in [5, 5.41) is 5.94. The lowest BCUT2D eigenvalue weighted by atomic mass is 10.1. The number of thioether (sulfide) groups is 1. The lowest BCUT2D eigenvalue weighted by molar-refractivity contribution is 0.602. The van der Waals surface area contributed by atoms with Crippen LogP contribution < -0.4 is 10.6 Å². The largest absolute Gasteiger partial charge is 0.365 e. The molecule has 6 heteroatoms. The lowest BCUT2D eigenvalue weighted by Crippen LogP contribution is -2.25. The van der Waals surface area contributed by atoms with E-state index in [1.165, 1.54) is 6.20 Å². The summed E-state index contributed by atoms with van der Waals surface area (Å²) in [4.78, 5) is 7.88. The van der Waals surface area contributed by atoms with E-state index in [0.29, 0.717) is 17.8 Å². The molecular formula is C10H15FN4S. The van der Waals surface area contributed by atoms with Crippen LogP contribution in [0.5, 0.6) is 0 Å². The predicted molar refractivity (Wildman–Crippen MR) is 65.5 cm³/mol. The third-order valence-corrected chi connectivity index (χ3v) is 3.58. The highest BCUT2D eigenvalue weighted by atomic mass is 32.2. The summed E-state index contributed by atoms with van der Waals surface area (Å²) < 4.78 is 13.4. The molecule has 2 N–H and O–H groups in total. The molecule has 0 radical (unpaired) electrons. The summed E-state index contributed by atoms with van der Waals surface area (Å²) >= 11 is 1.94. The summed E-state index contributed by atoms with van der Waals surface area (Å²) in [5.41, 5.74) is 0. The molecule has 0 bridgehead atoms. The van der Waals surface area contributed by atoms with Crippen LogP contribution in [-0.4, -0.2) is 34.6 Å². The molecular weight excluding hydrogens is 227 g/mol. The molecule has 88 valence electrons. The highest BCUT2D eigenvalue weighted by Crippen LogP contribution is 2.21. The Morgan fingerprint density at radius 2 is 2.19 bits per heavy atom. The first-order valence-electron chi connectivity index (χ1n) is 5.34. The van der Waals surface area contributed by atoms with Crippen LogP contribution in [0.1, 0.15) is 12.8 Å². The van der Waals surface area contributed by atoms with Gasteiger partial charge in [0.25, 0.3) is 0 Å². The van der Waals surface area contributed by atoms with Gasteiger partial charge in [-0.25, -0.2) is 9.37 Å².